The van der Waals surface area contributed by atoms with E-state index in [9.17, 15) is 4.79 Å². The number of carbonyl (C=O) groups excluding carboxylic acids is 1. The van der Waals surface area contributed by atoms with Gasteiger partial charge in [0, 0.05) is 23.6 Å². The fourth-order valence-corrected chi connectivity index (χ4v) is 5.21. The van der Waals surface area contributed by atoms with Crippen molar-refractivity contribution >= 4 is 40.9 Å². The first-order valence-corrected chi connectivity index (χ1v) is 12.2. The average Bonchev–Trinajstić information content (AvgIpc) is 2.84. The van der Waals surface area contributed by atoms with Crippen LogP contribution in [0.1, 0.15) is 24.0 Å². The molecule has 0 aliphatic carbocycles. The lowest BCUT2D eigenvalue weighted by Gasteiger charge is -2.41. The summed E-state index contributed by atoms with van der Waals surface area (Å²) >= 11 is 8.04. The van der Waals surface area contributed by atoms with Crippen molar-refractivity contribution in [2.24, 2.45) is 0 Å². The van der Waals surface area contributed by atoms with Crippen LogP contribution in [0.15, 0.2) is 66.0 Å². The summed E-state index contributed by atoms with van der Waals surface area (Å²) in [6.45, 7) is 2.18. The van der Waals surface area contributed by atoms with E-state index in [2.05, 4.69) is 22.4 Å². The lowest BCUT2D eigenvalue weighted by Crippen LogP contribution is -2.55. The summed E-state index contributed by atoms with van der Waals surface area (Å²) in [6, 6.07) is 17.8. The fourth-order valence-electron chi connectivity index (χ4n) is 4.21. The number of para-hydroxylation sites is 1. The van der Waals surface area contributed by atoms with Crippen molar-refractivity contribution in [3.05, 3.63) is 76.9 Å². The molecule has 3 aromatic rings. The van der Waals surface area contributed by atoms with E-state index in [1.807, 2.05) is 53.6 Å². The quantitative estimate of drug-likeness (QED) is 0.418. The highest BCUT2D eigenvalue weighted by atomic mass is 35.5. The number of nitrogens with zero attached hydrogens (tertiary/aromatic N) is 4. The van der Waals surface area contributed by atoms with Crippen LogP contribution in [0.25, 0.3) is 0 Å². The molecule has 1 N–H and O–H groups in total. The maximum Gasteiger partial charge on any atom is 0.330 e. The predicted molar refractivity (Wildman–Crippen MR) is 129 cm³/mol. The summed E-state index contributed by atoms with van der Waals surface area (Å²) in [5.74, 6) is 1.52. The lowest BCUT2D eigenvalue weighted by atomic mass is 10.0. The van der Waals surface area contributed by atoms with Gasteiger partial charge in [-0.05, 0) is 43.6 Å². The van der Waals surface area contributed by atoms with Crippen LogP contribution in [0.4, 0.5) is 16.3 Å². The van der Waals surface area contributed by atoms with Gasteiger partial charge >= 0.3 is 6.03 Å². The Bertz CT molecular complexity index is 1110. The molecule has 164 valence electrons. The molecule has 2 aliphatic heterocycles. The molecule has 2 aliphatic rings. The molecular formula is C24H24ClN5OS. The molecule has 5 rings (SSSR count). The molecule has 2 amide bonds. The third-order valence-corrected chi connectivity index (χ3v) is 7.09. The third-order valence-electron chi connectivity index (χ3n) is 5.84. The zero-order chi connectivity index (χ0) is 21.9. The zero-order valence-corrected chi connectivity index (χ0v) is 19.1. The van der Waals surface area contributed by atoms with Gasteiger partial charge in [-0.1, -0.05) is 65.8 Å². The molecule has 0 saturated carbocycles. The second-order valence-electron chi connectivity index (χ2n) is 7.95. The second kappa shape index (κ2) is 9.48. The van der Waals surface area contributed by atoms with Crippen molar-refractivity contribution in [2.45, 2.75) is 36.3 Å². The standard InChI is InChI=1S/C24H24ClN5OS/c25-20-8-4-5-9-21(20)29-15-18-14-27-23(32-16-17-6-2-1-3-7-17)28-22(18)30(24(29)31)19-10-12-26-13-11-19/h1-9,14,19,26H,10-13,15-16H2. The maximum absolute atomic E-state index is 13.7. The monoisotopic (exact) mass is 465 g/mol. The molecule has 3 heterocycles. The molecule has 1 aromatic heterocycles. The number of benzene rings is 2. The Labute approximate surface area is 197 Å². The number of rotatable bonds is 5. The SMILES string of the molecule is O=C1N(c2ccccc2Cl)Cc2cnc(SCc3ccccc3)nc2N1C1CCNCC1. The summed E-state index contributed by atoms with van der Waals surface area (Å²) in [5.41, 5.74) is 2.87. The van der Waals surface area contributed by atoms with Crippen molar-refractivity contribution in [2.75, 3.05) is 22.9 Å². The number of piperidine rings is 1. The van der Waals surface area contributed by atoms with Crippen molar-refractivity contribution in [1.82, 2.24) is 15.3 Å². The minimum Gasteiger partial charge on any atom is -0.317 e. The summed E-state index contributed by atoms with van der Waals surface area (Å²) in [6.07, 6.45) is 3.64. The van der Waals surface area contributed by atoms with Gasteiger partial charge in [0.1, 0.15) is 5.82 Å². The van der Waals surface area contributed by atoms with E-state index in [4.69, 9.17) is 16.6 Å². The number of fused-ring (bicyclic) bond motifs is 1. The van der Waals surface area contributed by atoms with Crippen LogP contribution in [0, 0.1) is 0 Å². The molecule has 1 fully saturated rings. The lowest BCUT2D eigenvalue weighted by molar-refractivity contribution is 0.245. The van der Waals surface area contributed by atoms with Crippen LogP contribution in [0.5, 0.6) is 0 Å². The molecule has 0 atom stereocenters. The van der Waals surface area contributed by atoms with Gasteiger partial charge in [-0.2, -0.15) is 0 Å². The number of halogens is 1. The van der Waals surface area contributed by atoms with Crippen molar-refractivity contribution in [3.63, 3.8) is 0 Å². The highest BCUT2D eigenvalue weighted by Gasteiger charge is 2.38. The van der Waals surface area contributed by atoms with E-state index in [0.29, 0.717) is 22.4 Å². The Balaban J connectivity index is 1.48. The highest BCUT2D eigenvalue weighted by Crippen LogP contribution is 2.37. The number of anilines is 2. The normalized spacial score (nSPS) is 16.8. The Morgan fingerprint density at radius 2 is 1.81 bits per heavy atom. The molecule has 0 radical (unpaired) electrons. The summed E-state index contributed by atoms with van der Waals surface area (Å²) in [4.78, 5) is 26.8. The third kappa shape index (κ3) is 4.33. The molecule has 0 spiro atoms. The molecule has 2 aromatic carbocycles. The van der Waals surface area contributed by atoms with Gasteiger partial charge in [0.15, 0.2) is 5.16 Å². The fraction of sp³-hybridized carbons (Fsp3) is 0.292. The van der Waals surface area contributed by atoms with Crippen LogP contribution < -0.4 is 15.1 Å². The van der Waals surface area contributed by atoms with E-state index in [1.165, 1.54) is 5.56 Å². The van der Waals surface area contributed by atoms with E-state index in [-0.39, 0.29) is 12.1 Å². The van der Waals surface area contributed by atoms with E-state index in [0.717, 1.165) is 43.1 Å². The summed E-state index contributed by atoms with van der Waals surface area (Å²) in [5, 5.41) is 4.63. The van der Waals surface area contributed by atoms with Crippen LogP contribution >= 0.6 is 23.4 Å². The molecule has 0 unspecified atom stereocenters. The molecular weight excluding hydrogens is 442 g/mol. The molecule has 8 heteroatoms. The largest absolute Gasteiger partial charge is 0.330 e. The number of urea groups is 1. The van der Waals surface area contributed by atoms with Crippen molar-refractivity contribution in [3.8, 4) is 0 Å². The number of nitrogens with one attached hydrogen (secondary N) is 1. The molecule has 6 nitrogen and oxygen atoms in total. The van der Waals surface area contributed by atoms with Crippen LogP contribution in [0.3, 0.4) is 0 Å². The predicted octanol–water partition coefficient (Wildman–Crippen LogP) is 5.12. The minimum atomic E-state index is -0.0739. The van der Waals surface area contributed by atoms with E-state index >= 15 is 0 Å². The van der Waals surface area contributed by atoms with Crippen LogP contribution in [0.2, 0.25) is 5.02 Å². The maximum atomic E-state index is 13.7. The molecule has 0 bridgehead atoms. The van der Waals surface area contributed by atoms with Gasteiger partial charge in [0.05, 0.1) is 17.3 Å². The number of amides is 2. The zero-order valence-electron chi connectivity index (χ0n) is 17.6. The van der Waals surface area contributed by atoms with Crippen molar-refractivity contribution < 1.29 is 4.79 Å². The van der Waals surface area contributed by atoms with E-state index in [1.54, 1.807) is 16.7 Å². The number of thioether (sulfide) groups is 1. The van der Waals surface area contributed by atoms with Gasteiger partial charge in [-0.15, -0.1) is 0 Å². The van der Waals surface area contributed by atoms with Gasteiger partial charge in [0.2, 0.25) is 0 Å². The molecule has 32 heavy (non-hydrogen) atoms. The summed E-state index contributed by atoms with van der Waals surface area (Å²) < 4.78 is 0. The number of aromatic nitrogens is 2. The highest BCUT2D eigenvalue weighted by molar-refractivity contribution is 7.98. The Hall–Kier alpha value is -2.61. The van der Waals surface area contributed by atoms with Crippen molar-refractivity contribution in [1.29, 1.82) is 0 Å². The number of hydrogen-bond acceptors (Lipinski definition) is 5. The average molecular weight is 466 g/mol. The number of hydrogen-bond donors (Lipinski definition) is 1. The van der Waals surface area contributed by atoms with Gasteiger partial charge in [-0.25, -0.2) is 14.8 Å². The first-order valence-electron chi connectivity index (χ1n) is 10.8. The Morgan fingerprint density at radius 3 is 2.59 bits per heavy atom. The van der Waals surface area contributed by atoms with Gasteiger partial charge in [0.25, 0.3) is 0 Å². The number of carbonyl (C=O) groups is 1. The Morgan fingerprint density at radius 1 is 1.06 bits per heavy atom. The molecule has 1 saturated heterocycles. The topological polar surface area (TPSA) is 61.4 Å². The van der Waals surface area contributed by atoms with Gasteiger partial charge < -0.3 is 5.32 Å². The van der Waals surface area contributed by atoms with Crippen LogP contribution in [-0.4, -0.2) is 35.1 Å². The van der Waals surface area contributed by atoms with Gasteiger partial charge in [-0.3, -0.25) is 9.80 Å². The summed E-state index contributed by atoms with van der Waals surface area (Å²) in [7, 11) is 0. The Kier molecular flexibility index (Phi) is 6.30. The first kappa shape index (κ1) is 21.2. The van der Waals surface area contributed by atoms with E-state index < -0.39 is 0 Å². The second-order valence-corrected chi connectivity index (χ2v) is 9.30. The first-order chi connectivity index (χ1) is 15.7. The smallest absolute Gasteiger partial charge is 0.317 e. The minimum absolute atomic E-state index is 0.0739. The van der Waals surface area contributed by atoms with Crippen LogP contribution in [-0.2, 0) is 12.3 Å².